The first kappa shape index (κ1) is 26.2. The maximum absolute atomic E-state index is 14.7. The molecule has 2 aromatic rings. The van der Waals surface area contributed by atoms with Gasteiger partial charge >= 0.3 is 5.97 Å². The number of hydrogen-bond donors (Lipinski definition) is 1. The quantitative estimate of drug-likeness (QED) is 0.445. The van der Waals surface area contributed by atoms with Gasteiger partial charge in [0.2, 0.25) is 5.91 Å². The fourth-order valence-electron chi connectivity index (χ4n) is 6.83. The number of anilines is 1. The zero-order valence-corrected chi connectivity index (χ0v) is 23.2. The third-order valence-electron chi connectivity index (χ3n) is 8.40. The molecule has 6 rings (SSSR count). The summed E-state index contributed by atoms with van der Waals surface area (Å²) in [5.41, 5.74) is 2.13. The molecule has 0 aromatic heterocycles. The Hall–Kier alpha value is -3.07. The van der Waals surface area contributed by atoms with E-state index in [4.69, 9.17) is 16.3 Å². The Morgan fingerprint density at radius 2 is 1.82 bits per heavy atom. The lowest BCUT2D eigenvalue weighted by molar-refractivity contribution is -0.153. The minimum Gasteiger partial charge on any atom is -0.461 e. The molecule has 2 saturated heterocycles. The van der Waals surface area contributed by atoms with E-state index in [2.05, 4.69) is 0 Å². The molecular weight excluding hydrogens is 536 g/mol. The summed E-state index contributed by atoms with van der Waals surface area (Å²) in [5.74, 6) is -2.73. The molecule has 2 fully saturated rings. The Bertz CT molecular complexity index is 1390. The summed E-state index contributed by atoms with van der Waals surface area (Å²) in [4.78, 5) is 45.8. The number of ether oxygens (including phenoxy) is 1. The second-order valence-electron chi connectivity index (χ2n) is 10.6. The van der Waals surface area contributed by atoms with E-state index in [1.807, 2.05) is 80.6 Å². The van der Waals surface area contributed by atoms with Crippen LogP contribution in [0.3, 0.4) is 0 Å². The Kier molecular flexibility index (Phi) is 6.40. The van der Waals surface area contributed by atoms with E-state index >= 15 is 0 Å². The van der Waals surface area contributed by atoms with Crippen LogP contribution < -0.4 is 4.90 Å². The van der Waals surface area contributed by atoms with Crippen LogP contribution in [0.2, 0.25) is 5.02 Å². The second-order valence-corrected chi connectivity index (χ2v) is 12.8. The van der Waals surface area contributed by atoms with E-state index in [0.717, 1.165) is 5.56 Å². The Morgan fingerprint density at radius 3 is 2.54 bits per heavy atom. The molecule has 1 N–H and O–H groups in total. The van der Waals surface area contributed by atoms with E-state index in [-0.39, 0.29) is 31.6 Å². The van der Waals surface area contributed by atoms with Gasteiger partial charge in [0, 0.05) is 11.3 Å². The number of thioether (sulfide) groups is 1. The molecule has 202 valence electrons. The first-order valence-electron chi connectivity index (χ1n) is 13.0. The van der Waals surface area contributed by atoms with Gasteiger partial charge in [0.25, 0.3) is 5.91 Å². The topological polar surface area (TPSA) is 87.2 Å². The number of amides is 2. The van der Waals surface area contributed by atoms with Crippen LogP contribution in [-0.4, -0.2) is 63.1 Å². The minimum atomic E-state index is -1.06. The summed E-state index contributed by atoms with van der Waals surface area (Å²) in [6.07, 6.45) is 7.59. The molecule has 4 aliphatic rings. The van der Waals surface area contributed by atoms with Gasteiger partial charge in [0.05, 0.1) is 39.9 Å². The zero-order chi connectivity index (χ0) is 27.5. The largest absolute Gasteiger partial charge is 0.461 e. The summed E-state index contributed by atoms with van der Waals surface area (Å²) < 4.78 is 3.70. The number of hydrogen-bond acceptors (Lipinski definition) is 6. The van der Waals surface area contributed by atoms with Gasteiger partial charge in [-0.05, 0) is 37.1 Å². The normalized spacial score (nSPS) is 32.3. The van der Waals surface area contributed by atoms with Crippen LogP contribution in [0.4, 0.5) is 5.69 Å². The van der Waals surface area contributed by atoms with E-state index < -0.39 is 39.4 Å². The van der Waals surface area contributed by atoms with Gasteiger partial charge in [-0.25, -0.2) is 0 Å². The second kappa shape index (κ2) is 9.54. The average Bonchev–Trinajstić information content (AvgIpc) is 3.17. The SMILES string of the molecule is Cc1cccc(Cl)c1N1CC=C[C@]23S[C@@]4(C)C=CCOC(=O)[C@H]4[C@H]2C(=O)N([C@H](CO)c2ccccc2)C3C1=O. The van der Waals surface area contributed by atoms with Crippen molar-refractivity contribution in [3.8, 4) is 0 Å². The number of aliphatic hydroxyl groups excluding tert-OH is 1. The number of esters is 1. The van der Waals surface area contributed by atoms with E-state index in [1.54, 1.807) is 11.0 Å². The third kappa shape index (κ3) is 3.79. The predicted octanol–water partition coefficient (Wildman–Crippen LogP) is 4.09. The highest BCUT2D eigenvalue weighted by Crippen LogP contribution is 2.66. The number of cyclic esters (lactones) is 1. The highest BCUT2D eigenvalue weighted by atomic mass is 35.5. The number of likely N-dealkylation sites (tertiary alicyclic amines) is 1. The summed E-state index contributed by atoms with van der Waals surface area (Å²) in [5, 5.41) is 11.1. The number of para-hydroxylation sites is 1. The van der Waals surface area contributed by atoms with Crippen molar-refractivity contribution in [3.05, 3.63) is 89.0 Å². The summed E-state index contributed by atoms with van der Waals surface area (Å²) in [6, 6.07) is 12.9. The van der Waals surface area contributed by atoms with E-state index in [1.165, 1.54) is 16.7 Å². The van der Waals surface area contributed by atoms with Crippen molar-refractivity contribution in [3.63, 3.8) is 0 Å². The smallest absolute Gasteiger partial charge is 0.311 e. The third-order valence-corrected chi connectivity index (χ3v) is 10.5. The van der Waals surface area contributed by atoms with Gasteiger partial charge in [-0.15, -0.1) is 11.8 Å². The van der Waals surface area contributed by atoms with E-state index in [9.17, 15) is 19.5 Å². The number of aliphatic hydroxyl groups is 1. The molecule has 4 heterocycles. The maximum atomic E-state index is 14.7. The highest BCUT2D eigenvalue weighted by Gasteiger charge is 2.74. The lowest BCUT2D eigenvalue weighted by Crippen LogP contribution is -2.54. The molecule has 7 nitrogen and oxygen atoms in total. The molecule has 39 heavy (non-hydrogen) atoms. The maximum Gasteiger partial charge on any atom is 0.311 e. The first-order valence-corrected chi connectivity index (χ1v) is 14.2. The standard InChI is InChI=1S/C30H29ClN2O5S/c1-18-9-6-12-20(31)24(18)32-15-7-14-30-22(23-28(37)38-16-8-13-29(23,2)39-30)26(35)33(25(30)27(32)36)21(17-34)19-10-4-3-5-11-19/h3-14,21-23,25,34H,15-17H2,1-2H3/t21-,22+,23-,25?,29+,30+/m1/s1. The van der Waals surface area contributed by atoms with Gasteiger partial charge in [0.1, 0.15) is 12.6 Å². The number of aryl methyl sites for hydroxylation is 1. The van der Waals surface area contributed by atoms with Crippen LogP contribution >= 0.6 is 23.4 Å². The highest BCUT2D eigenvalue weighted by molar-refractivity contribution is 8.02. The monoisotopic (exact) mass is 564 g/mol. The molecule has 1 spiro atoms. The van der Waals surface area contributed by atoms with Crippen LogP contribution in [0.25, 0.3) is 0 Å². The Morgan fingerprint density at radius 1 is 1.05 bits per heavy atom. The fourth-order valence-corrected chi connectivity index (χ4v) is 9.29. The molecular formula is C30H29ClN2O5S. The molecule has 2 amide bonds. The Labute approximate surface area is 236 Å². The number of rotatable bonds is 4. The van der Waals surface area contributed by atoms with Crippen molar-refractivity contribution in [1.29, 1.82) is 0 Å². The molecule has 0 radical (unpaired) electrons. The van der Waals surface area contributed by atoms with Gasteiger partial charge < -0.3 is 19.6 Å². The zero-order valence-electron chi connectivity index (χ0n) is 21.6. The minimum absolute atomic E-state index is 0.143. The number of benzene rings is 2. The summed E-state index contributed by atoms with van der Waals surface area (Å²) >= 11 is 8.10. The van der Waals surface area contributed by atoms with Crippen molar-refractivity contribution in [1.82, 2.24) is 4.90 Å². The van der Waals surface area contributed by atoms with Crippen LogP contribution in [0.15, 0.2) is 72.8 Å². The van der Waals surface area contributed by atoms with Crippen molar-refractivity contribution in [2.75, 3.05) is 24.7 Å². The van der Waals surface area contributed by atoms with Crippen molar-refractivity contribution in [2.45, 2.75) is 35.4 Å². The summed E-state index contributed by atoms with van der Waals surface area (Å²) in [7, 11) is 0. The van der Waals surface area contributed by atoms with Gasteiger partial charge in [-0.3, -0.25) is 14.4 Å². The number of fused-ring (bicyclic) bond motifs is 2. The number of halogens is 1. The van der Waals surface area contributed by atoms with Gasteiger partial charge in [0.15, 0.2) is 0 Å². The summed E-state index contributed by atoms with van der Waals surface area (Å²) in [6.45, 7) is 3.85. The first-order chi connectivity index (χ1) is 18.7. The van der Waals surface area contributed by atoms with Crippen LogP contribution in [0, 0.1) is 18.8 Å². The molecule has 0 aliphatic carbocycles. The van der Waals surface area contributed by atoms with Gasteiger partial charge in [-0.2, -0.15) is 0 Å². The van der Waals surface area contributed by atoms with Crippen molar-refractivity contribution in [2.24, 2.45) is 11.8 Å². The molecule has 0 bridgehead atoms. The lowest BCUT2D eigenvalue weighted by Gasteiger charge is -2.40. The predicted molar refractivity (Wildman–Crippen MR) is 150 cm³/mol. The van der Waals surface area contributed by atoms with Crippen LogP contribution in [-0.2, 0) is 19.1 Å². The van der Waals surface area contributed by atoms with Crippen LogP contribution in [0.5, 0.6) is 0 Å². The molecule has 4 aliphatic heterocycles. The fraction of sp³-hybridized carbons (Fsp3) is 0.367. The van der Waals surface area contributed by atoms with Gasteiger partial charge in [-0.1, -0.05) is 72.3 Å². The number of nitrogens with zero attached hydrogens (tertiary/aromatic N) is 2. The lowest BCUT2D eigenvalue weighted by atomic mass is 9.75. The average molecular weight is 565 g/mol. The molecule has 6 atom stereocenters. The Balaban J connectivity index is 1.56. The van der Waals surface area contributed by atoms with Crippen molar-refractivity contribution >= 4 is 46.8 Å². The molecule has 1 unspecified atom stereocenters. The van der Waals surface area contributed by atoms with Crippen LogP contribution in [0.1, 0.15) is 24.1 Å². The van der Waals surface area contributed by atoms with E-state index in [0.29, 0.717) is 16.3 Å². The molecule has 0 saturated carbocycles. The van der Waals surface area contributed by atoms with Crippen molar-refractivity contribution < 1.29 is 24.2 Å². The molecule has 2 aromatic carbocycles. The molecule has 9 heteroatoms. The number of carbonyl (C=O) groups excluding carboxylic acids is 3. The number of carbonyl (C=O) groups is 3.